The number of ether oxygens (including phenoxy) is 1. The lowest BCUT2D eigenvalue weighted by Gasteiger charge is -2.13. The second-order valence-electron chi connectivity index (χ2n) is 4.20. The van der Waals surface area contributed by atoms with Crippen molar-refractivity contribution in [1.82, 2.24) is 14.6 Å². The number of nitrogens with one attached hydrogen (secondary N) is 1. The molecule has 0 aliphatic heterocycles. The maximum absolute atomic E-state index is 12.7. The maximum Gasteiger partial charge on any atom is 0.288 e. The predicted octanol–water partition coefficient (Wildman–Crippen LogP) is 3.20. The molecule has 0 aliphatic carbocycles. The van der Waals surface area contributed by atoms with Gasteiger partial charge in [-0.05, 0) is 12.1 Å². The molecule has 1 aromatic heterocycles. The molecule has 1 heterocycles. The molecule has 0 aliphatic rings. The Morgan fingerprint density at radius 1 is 1.50 bits per heavy atom. The molecule has 0 unspecified atom stereocenters. The summed E-state index contributed by atoms with van der Waals surface area (Å²) in [5.74, 6) is -2.86. The van der Waals surface area contributed by atoms with Crippen LogP contribution in [0, 0.1) is 0 Å². The summed E-state index contributed by atoms with van der Waals surface area (Å²) < 4.78 is 32.3. The van der Waals surface area contributed by atoms with Crippen LogP contribution in [-0.4, -0.2) is 21.4 Å². The number of carbonyl (C=O) groups is 1. The number of nitrogens with zero attached hydrogens (tertiary/aromatic N) is 2. The zero-order valence-corrected chi connectivity index (χ0v) is 13.0. The lowest BCUT2D eigenvalue weighted by atomic mass is 10.1. The molecule has 2 rings (SSSR count). The maximum atomic E-state index is 12.7. The standard InChI is InChI=1S/C13H12ClF2N3O2S/c1-19-6-5-11(18-19)21-7-9-8(12(20)17-14)3-2-4-10(9)22-13(15)16/h2-6,13H,7H2,1H3,(H,17,20). The monoisotopic (exact) mass is 347 g/mol. The van der Waals surface area contributed by atoms with Gasteiger partial charge in [0.1, 0.15) is 6.61 Å². The second kappa shape index (κ2) is 7.46. The van der Waals surface area contributed by atoms with E-state index in [2.05, 4.69) is 5.10 Å². The third-order valence-corrected chi connectivity index (χ3v) is 3.72. The van der Waals surface area contributed by atoms with Crippen molar-refractivity contribution in [3.05, 3.63) is 41.6 Å². The van der Waals surface area contributed by atoms with Crippen LogP contribution in [0.4, 0.5) is 8.78 Å². The number of carbonyl (C=O) groups excluding carboxylic acids is 1. The van der Waals surface area contributed by atoms with Crippen LogP contribution in [0.15, 0.2) is 35.4 Å². The first-order valence-electron chi connectivity index (χ1n) is 6.11. The molecule has 0 bridgehead atoms. The van der Waals surface area contributed by atoms with Crippen LogP contribution in [0.2, 0.25) is 0 Å². The van der Waals surface area contributed by atoms with Gasteiger partial charge in [-0.15, -0.1) is 5.10 Å². The summed E-state index contributed by atoms with van der Waals surface area (Å²) in [5.41, 5.74) is 0.508. The molecule has 5 nitrogen and oxygen atoms in total. The van der Waals surface area contributed by atoms with Gasteiger partial charge in [-0.1, -0.05) is 17.8 Å². The van der Waals surface area contributed by atoms with Gasteiger partial charge < -0.3 is 4.74 Å². The summed E-state index contributed by atoms with van der Waals surface area (Å²) in [6.45, 7) is -0.0768. The zero-order valence-electron chi connectivity index (χ0n) is 11.4. The minimum Gasteiger partial charge on any atom is -0.472 e. The van der Waals surface area contributed by atoms with Crippen molar-refractivity contribution >= 4 is 29.4 Å². The number of benzene rings is 1. The van der Waals surface area contributed by atoms with E-state index in [1.54, 1.807) is 24.0 Å². The van der Waals surface area contributed by atoms with Gasteiger partial charge in [0, 0.05) is 47.1 Å². The highest BCUT2D eigenvalue weighted by molar-refractivity contribution is 7.99. The molecule has 1 N–H and O–H groups in total. The fraction of sp³-hybridized carbons (Fsp3) is 0.231. The van der Waals surface area contributed by atoms with Crippen LogP contribution >= 0.6 is 23.5 Å². The van der Waals surface area contributed by atoms with Crippen LogP contribution < -0.4 is 9.57 Å². The predicted molar refractivity (Wildman–Crippen MR) is 79.2 cm³/mol. The Kier molecular flexibility index (Phi) is 5.62. The van der Waals surface area contributed by atoms with E-state index >= 15 is 0 Å². The first-order chi connectivity index (χ1) is 10.5. The molecular formula is C13H12ClF2N3O2S. The normalized spacial score (nSPS) is 10.8. The molecule has 0 atom stereocenters. The van der Waals surface area contributed by atoms with E-state index in [9.17, 15) is 13.6 Å². The van der Waals surface area contributed by atoms with E-state index in [-0.39, 0.29) is 17.1 Å². The Balaban J connectivity index is 2.29. The number of rotatable bonds is 6. The number of amides is 1. The molecule has 118 valence electrons. The highest BCUT2D eigenvalue weighted by atomic mass is 35.5. The molecule has 0 spiro atoms. The van der Waals surface area contributed by atoms with Crippen molar-refractivity contribution in [3.8, 4) is 5.88 Å². The molecule has 0 saturated carbocycles. The van der Waals surface area contributed by atoms with Crippen molar-refractivity contribution in [2.24, 2.45) is 7.05 Å². The first-order valence-corrected chi connectivity index (χ1v) is 7.37. The number of hydrogen-bond donors (Lipinski definition) is 1. The van der Waals surface area contributed by atoms with Crippen molar-refractivity contribution in [2.75, 3.05) is 0 Å². The van der Waals surface area contributed by atoms with Gasteiger partial charge in [-0.25, -0.2) is 0 Å². The Hall–Kier alpha value is -1.80. The van der Waals surface area contributed by atoms with E-state index in [1.807, 2.05) is 4.84 Å². The van der Waals surface area contributed by atoms with Gasteiger partial charge in [0.2, 0.25) is 5.88 Å². The quantitative estimate of drug-likeness (QED) is 0.644. The van der Waals surface area contributed by atoms with Gasteiger partial charge in [0.05, 0.1) is 0 Å². The minimum absolute atomic E-state index is 0.0768. The van der Waals surface area contributed by atoms with E-state index < -0.39 is 11.7 Å². The van der Waals surface area contributed by atoms with Crippen LogP contribution in [-0.2, 0) is 13.7 Å². The zero-order chi connectivity index (χ0) is 16.1. The fourth-order valence-corrected chi connectivity index (χ4v) is 2.56. The lowest BCUT2D eigenvalue weighted by Crippen LogP contribution is -2.16. The van der Waals surface area contributed by atoms with Crippen LogP contribution in [0.5, 0.6) is 5.88 Å². The molecule has 9 heteroatoms. The highest BCUT2D eigenvalue weighted by Gasteiger charge is 2.18. The molecule has 0 saturated heterocycles. The smallest absolute Gasteiger partial charge is 0.288 e. The molecule has 0 fully saturated rings. The largest absolute Gasteiger partial charge is 0.472 e. The van der Waals surface area contributed by atoms with Crippen LogP contribution in [0.3, 0.4) is 0 Å². The van der Waals surface area contributed by atoms with Crippen molar-refractivity contribution in [3.63, 3.8) is 0 Å². The SMILES string of the molecule is Cn1ccc(OCc2c(SC(F)F)cccc2C(=O)NCl)n1. The average molecular weight is 348 g/mol. The topological polar surface area (TPSA) is 56.1 Å². The third kappa shape index (κ3) is 4.11. The number of alkyl halides is 2. The summed E-state index contributed by atoms with van der Waals surface area (Å²) in [7, 11) is 1.72. The van der Waals surface area contributed by atoms with Crippen LogP contribution in [0.1, 0.15) is 15.9 Å². The molecule has 1 amide bonds. The minimum atomic E-state index is -2.61. The number of aromatic nitrogens is 2. The number of hydrogen-bond acceptors (Lipinski definition) is 4. The summed E-state index contributed by atoms with van der Waals surface area (Å²) in [5, 5.41) is 4.02. The number of halogens is 3. The van der Waals surface area contributed by atoms with Gasteiger partial charge in [0.15, 0.2) is 0 Å². The molecule has 1 aromatic carbocycles. The number of aryl methyl sites for hydroxylation is 1. The van der Waals surface area contributed by atoms with Crippen molar-refractivity contribution in [2.45, 2.75) is 17.3 Å². The average Bonchev–Trinajstić information content (AvgIpc) is 2.90. The second-order valence-corrected chi connectivity index (χ2v) is 5.42. The summed E-state index contributed by atoms with van der Waals surface area (Å²) in [4.78, 5) is 14.0. The van der Waals surface area contributed by atoms with Gasteiger partial charge in [0.25, 0.3) is 11.7 Å². The summed E-state index contributed by atoms with van der Waals surface area (Å²) in [6.07, 6.45) is 1.68. The van der Waals surface area contributed by atoms with E-state index in [4.69, 9.17) is 16.5 Å². The first kappa shape index (κ1) is 16.6. The third-order valence-electron chi connectivity index (χ3n) is 2.73. The van der Waals surface area contributed by atoms with Crippen molar-refractivity contribution < 1.29 is 18.3 Å². The van der Waals surface area contributed by atoms with Crippen LogP contribution in [0.25, 0.3) is 0 Å². The highest BCUT2D eigenvalue weighted by Crippen LogP contribution is 2.31. The Bertz CT molecular complexity index is 666. The molecule has 0 radical (unpaired) electrons. The van der Waals surface area contributed by atoms with E-state index in [0.29, 0.717) is 23.2 Å². The van der Waals surface area contributed by atoms with E-state index in [0.717, 1.165) is 0 Å². The summed E-state index contributed by atoms with van der Waals surface area (Å²) >= 11 is 5.67. The van der Waals surface area contributed by atoms with Gasteiger partial charge in [-0.3, -0.25) is 14.3 Å². The molecular weight excluding hydrogens is 336 g/mol. The molecule has 22 heavy (non-hydrogen) atoms. The van der Waals surface area contributed by atoms with Gasteiger partial charge >= 0.3 is 0 Å². The van der Waals surface area contributed by atoms with Crippen molar-refractivity contribution in [1.29, 1.82) is 0 Å². The van der Waals surface area contributed by atoms with Gasteiger partial charge in [-0.2, -0.15) is 8.78 Å². The molecule has 2 aromatic rings. The summed E-state index contributed by atoms with van der Waals surface area (Å²) in [6, 6.07) is 6.13. The fourth-order valence-electron chi connectivity index (χ4n) is 1.80. The Labute approximate surface area is 134 Å². The lowest BCUT2D eigenvalue weighted by molar-refractivity contribution is 0.0978. The Morgan fingerprint density at radius 2 is 2.27 bits per heavy atom. The Morgan fingerprint density at radius 3 is 2.86 bits per heavy atom. The number of thioether (sulfide) groups is 1. The van der Waals surface area contributed by atoms with E-state index in [1.165, 1.54) is 18.2 Å².